The molecule has 4 heterocycles. The van der Waals surface area contributed by atoms with Gasteiger partial charge in [-0.25, -0.2) is 14.6 Å². The van der Waals surface area contributed by atoms with Gasteiger partial charge in [0.05, 0.1) is 48.2 Å². The van der Waals surface area contributed by atoms with Gasteiger partial charge in [-0.15, -0.1) is 0 Å². The van der Waals surface area contributed by atoms with Crippen LogP contribution in [0.25, 0.3) is 11.1 Å². The van der Waals surface area contributed by atoms with E-state index in [9.17, 15) is 9.59 Å². The summed E-state index contributed by atoms with van der Waals surface area (Å²) in [5.41, 5.74) is 11.3. The zero-order valence-corrected chi connectivity index (χ0v) is 28.4. The summed E-state index contributed by atoms with van der Waals surface area (Å²) in [4.78, 5) is 38.8. The van der Waals surface area contributed by atoms with Crippen molar-refractivity contribution in [3.63, 3.8) is 0 Å². The number of methoxy groups -OCH3 is 2. The standard InChI is InChI=1S/C42H37N3O4/c1-41(2)29-8-7-9-30(24-29)42(3,4)36-23-21-34(45-36)38(26-12-16-28(17-13-26)40(47)49-6)32-19-18-31(43-32)37(33-20-22-35(41)44-33)25-10-14-27(15-11-25)39(46)48-5/h7-24,44H,1-6H3/b37-31-,38-34-. The maximum Gasteiger partial charge on any atom is 0.337 e. The maximum atomic E-state index is 12.3. The topological polar surface area (TPSA) is 93.1 Å². The molecule has 3 aliphatic heterocycles. The van der Waals surface area contributed by atoms with Crippen molar-refractivity contribution in [3.8, 4) is 0 Å². The van der Waals surface area contributed by atoms with Crippen LogP contribution in [0.4, 0.5) is 0 Å². The van der Waals surface area contributed by atoms with Crippen LogP contribution in [0.1, 0.15) is 82.1 Å². The summed E-state index contributed by atoms with van der Waals surface area (Å²) in [6, 6.07) is 27.7. The van der Waals surface area contributed by atoms with E-state index in [2.05, 4.69) is 75.2 Å². The van der Waals surface area contributed by atoms with Gasteiger partial charge in [0.25, 0.3) is 0 Å². The molecule has 3 aliphatic rings. The minimum absolute atomic E-state index is 0.339. The Bertz CT molecular complexity index is 2200. The van der Waals surface area contributed by atoms with Crippen LogP contribution in [0.15, 0.2) is 131 Å². The highest BCUT2D eigenvalue weighted by atomic mass is 16.5. The molecule has 1 aromatic heterocycles. The molecule has 0 unspecified atom stereocenters. The lowest BCUT2D eigenvalue weighted by molar-refractivity contribution is 0.0592. The summed E-state index contributed by atoms with van der Waals surface area (Å²) in [6.45, 7) is 8.87. The average molecular weight is 648 g/mol. The van der Waals surface area contributed by atoms with Crippen LogP contribution in [0.3, 0.4) is 0 Å². The number of allylic oxidation sites excluding steroid dienone is 5. The lowest BCUT2D eigenvalue weighted by atomic mass is 9.75. The first kappa shape index (κ1) is 31.8. The van der Waals surface area contributed by atoms with Gasteiger partial charge in [0.1, 0.15) is 0 Å². The van der Waals surface area contributed by atoms with Crippen molar-refractivity contribution in [2.75, 3.05) is 14.2 Å². The summed E-state index contributed by atoms with van der Waals surface area (Å²) in [5, 5.41) is 0. The van der Waals surface area contributed by atoms with Crippen LogP contribution in [0, 0.1) is 0 Å². The molecule has 0 spiro atoms. The quantitative estimate of drug-likeness (QED) is 0.225. The van der Waals surface area contributed by atoms with E-state index in [1.165, 1.54) is 19.8 Å². The van der Waals surface area contributed by atoms with Gasteiger partial charge < -0.3 is 14.5 Å². The molecule has 8 bridgehead atoms. The van der Waals surface area contributed by atoms with E-state index < -0.39 is 11.9 Å². The van der Waals surface area contributed by atoms with Crippen LogP contribution in [0.2, 0.25) is 0 Å². The number of carbonyl (C=O) groups is 2. The number of rotatable bonds is 4. The van der Waals surface area contributed by atoms with Crippen LogP contribution >= 0.6 is 0 Å². The van der Waals surface area contributed by atoms with E-state index in [1.54, 1.807) is 24.3 Å². The second-order valence-corrected chi connectivity index (χ2v) is 13.4. The normalized spacial score (nSPS) is 20.1. The van der Waals surface area contributed by atoms with Gasteiger partial charge in [0.15, 0.2) is 0 Å². The highest BCUT2D eigenvalue weighted by Crippen LogP contribution is 2.40. The molecule has 7 heteroatoms. The van der Waals surface area contributed by atoms with Gasteiger partial charge in [-0.1, -0.05) is 76.2 Å². The third kappa shape index (κ3) is 5.51. The van der Waals surface area contributed by atoms with Gasteiger partial charge >= 0.3 is 11.9 Å². The third-order valence-corrected chi connectivity index (χ3v) is 9.81. The minimum atomic E-state index is -0.396. The van der Waals surface area contributed by atoms with E-state index in [0.29, 0.717) is 11.1 Å². The van der Waals surface area contributed by atoms with E-state index >= 15 is 0 Å². The molecule has 4 aromatic rings. The fourth-order valence-electron chi connectivity index (χ4n) is 6.65. The number of benzene rings is 3. The van der Waals surface area contributed by atoms with Crippen LogP contribution < -0.4 is 0 Å². The van der Waals surface area contributed by atoms with E-state index in [-0.39, 0.29) is 10.8 Å². The van der Waals surface area contributed by atoms with Gasteiger partial charge in [0.2, 0.25) is 0 Å². The molecule has 0 radical (unpaired) electrons. The van der Waals surface area contributed by atoms with Crippen molar-refractivity contribution < 1.29 is 19.1 Å². The SMILES string of the molecule is COC(=O)c1ccc(/C2=C3\C=CC(=N3)C(C)(C)c3cccc(c3)C(C)(C)c3ccc([nH]3)/C(c3ccc(C(=O)OC)cc3)=C3/C=CC2=N3)cc1. The molecule has 3 aromatic carbocycles. The predicted molar refractivity (Wildman–Crippen MR) is 194 cm³/mol. The number of esters is 2. The Kier molecular flexibility index (Phi) is 7.78. The number of ether oxygens (including phenoxy) is 2. The summed E-state index contributed by atoms with van der Waals surface area (Å²) in [5.74, 6) is -0.788. The number of nitrogens with zero attached hydrogens (tertiary/aromatic N) is 2. The molecule has 0 saturated carbocycles. The number of aliphatic imine (C=N–C) groups is 2. The number of carbonyl (C=O) groups excluding carboxylic acids is 2. The molecular formula is C42H37N3O4. The van der Waals surface area contributed by atoms with Crippen molar-refractivity contribution in [2.24, 2.45) is 9.98 Å². The molecule has 244 valence electrons. The largest absolute Gasteiger partial charge is 0.465 e. The van der Waals surface area contributed by atoms with Gasteiger partial charge in [-0.3, -0.25) is 4.99 Å². The first-order valence-electron chi connectivity index (χ1n) is 16.2. The van der Waals surface area contributed by atoms with E-state index in [0.717, 1.165) is 62.0 Å². The number of hydrogen-bond acceptors (Lipinski definition) is 6. The molecular weight excluding hydrogens is 610 g/mol. The Morgan fingerprint density at radius 3 is 1.78 bits per heavy atom. The molecule has 49 heavy (non-hydrogen) atoms. The molecule has 0 amide bonds. The highest BCUT2D eigenvalue weighted by molar-refractivity contribution is 6.32. The second kappa shape index (κ2) is 12.0. The Hall–Kier alpha value is -5.82. The van der Waals surface area contributed by atoms with Gasteiger partial charge in [-0.2, -0.15) is 0 Å². The van der Waals surface area contributed by atoms with Gasteiger partial charge in [0, 0.05) is 33.4 Å². The zero-order chi connectivity index (χ0) is 34.5. The Morgan fingerprint density at radius 1 is 0.612 bits per heavy atom. The Morgan fingerprint density at radius 2 is 1.16 bits per heavy atom. The fourth-order valence-corrected chi connectivity index (χ4v) is 6.65. The average Bonchev–Trinajstić information content (AvgIpc) is 3.92. The van der Waals surface area contributed by atoms with Gasteiger partial charge in [-0.05, 0) is 83.0 Å². The van der Waals surface area contributed by atoms with Crippen molar-refractivity contribution in [3.05, 3.63) is 165 Å². The van der Waals surface area contributed by atoms with Crippen molar-refractivity contribution >= 4 is 34.5 Å². The zero-order valence-electron chi connectivity index (χ0n) is 28.4. The van der Waals surface area contributed by atoms with Crippen molar-refractivity contribution in [1.82, 2.24) is 4.98 Å². The van der Waals surface area contributed by atoms with Crippen LogP contribution in [-0.4, -0.2) is 42.6 Å². The molecule has 0 fully saturated rings. The summed E-state index contributed by atoms with van der Waals surface area (Å²) in [6.07, 6.45) is 8.17. The first-order chi connectivity index (χ1) is 23.5. The van der Waals surface area contributed by atoms with Crippen molar-refractivity contribution in [2.45, 2.75) is 38.5 Å². The number of hydrogen-bond donors (Lipinski definition) is 1. The number of aromatic nitrogens is 1. The number of H-pyrrole nitrogens is 1. The molecule has 7 rings (SSSR count). The second-order valence-electron chi connectivity index (χ2n) is 13.4. The predicted octanol–water partition coefficient (Wildman–Crippen LogP) is 8.40. The fraction of sp³-hybridized carbons (Fsp3) is 0.190. The smallest absolute Gasteiger partial charge is 0.337 e. The number of nitrogens with one attached hydrogen (secondary N) is 1. The monoisotopic (exact) mass is 647 g/mol. The lowest BCUT2D eigenvalue weighted by Crippen LogP contribution is -2.28. The maximum absolute atomic E-state index is 12.3. The Labute approximate surface area is 286 Å². The Balaban J connectivity index is 1.50. The molecule has 0 atom stereocenters. The molecule has 0 saturated heterocycles. The summed E-state index contributed by atoms with van der Waals surface area (Å²) < 4.78 is 9.90. The molecule has 1 N–H and O–H groups in total. The third-order valence-electron chi connectivity index (χ3n) is 9.81. The summed E-state index contributed by atoms with van der Waals surface area (Å²) in [7, 11) is 2.75. The van der Waals surface area contributed by atoms with E-state index in [1.807, 2.05) is 42.5 Å². The van der Waals surface area contributed by atoms with Crippen LogP contribution in [-0.2, 0) is 20.3 Å². The molecule has 0 aliphatic carbocycles. The first-order valence-corrected chi connectivity index (χ1v) is 16.2. The number of aromatic amines is 1. The van der Waals surface area contributed by atoms with E-state index in [4.69, 9.17) is 19.5 Å². The van der Waals surface area contributed by atoms with Crippen molar-refractivity contribution in [1.29, 1.82) is 0 Å². The lowest BCUT2D eigenvalue weighted by Gasteiger charge is -2.29. The molecule has 7 nitrogen and oxygen atoms in total. The highest BCUT2D eigenvalue weighted by Gasteiger charge is 2.33. The number of fused-ring (bicyclic) bond motifs is 6. The summed E-state index contributed by atoms with van der Waals surface area (Å²) >= 11 is 0. The van der Waals surface area contributed by atoms with Crippen LogP contribution in [0.5, 0.6) is 0 Å². The minimum Gasteiger partial charge on any atom is -0.465 e.